The number of aliphatic hydroxyl groups is 3. The molecule has 6 atom stereocenters. The quantitative estimate of drug-likeness (QED) is 0.0388. The molecule has 14 nitrogen and oxygen atoms in total. The molecule has 5 rings (SSSR count). The lowest BCUT2D eigenvalue weighted by Gasteiger charge is -2.59. The van der Waals surface area contributed by atoms with E-state index in [1.54, 1.807) is 23.1 Å². The molecule has 1 fully saturated rings. The van der Waals surface area contributed by atoms with E-state index in [-0.39, 0.29) is 89.4 Å². The minimum atomic E-state index is -1.55. The Morgan fingerprint density at radius 2 is 1.77 bits per heavy atom. The summed E-state index contributed by atoms with van der Waals surface area (Å²) in [5.74, 6) is -1.66. The fraction of sp³-hybridized carbons (Fsp3) is 0.587. The summed E-state index contributed by atoms with van der Waals surface area (Å²) in [6, 6.07) is 14.0. The van der Waals surface area contributed by atoms with Gasteiger partial charge in [-0.05, 0) is 87.6 Å². The molecule has 336 valence electrons. The molecule has 0 bridgehead atoms. The van der Waals surface area contributed by atoms with Crippen molar-refractivity contribution < 1.29 is 53.4 Å². The van der Waals surface area contributed by atoms with Gasteiger partial charge in [-0.25, -0.2) is 9.59 Å². The molecule has 0 aromatic heterocycles. The molecule has 2 aromatic carbocycles. The SMILES string of the molecule is C=CCOC12Oc3ccc(OC(=O)NCc4ccccc4)cc3C3C(CCCCO)C(CCCCO)C=C(C(=NOC(C)(C)C)CC1N(CCOCCO)C(=O)OCCCl)C32. The van der Waals surface area contributed by atoms with Gasteiger partial charge < -0.3 is 49.2 Å². The normalized spacial score (nSPS) is 23.5. The van der Waals surface area contributed by atoms with Gasteiger partial charge in [0.25, 0.3) is 0 Å². The highest BCUT2D eigenvalue weighted by atomic mass is 35.5. The van der Waals surface area contributed by atoms with Crippen molar-refractivity contribution in [2.75, 3.05) is 58.7 Å². The van der Waals surface area contributed by atoms with Crippen LogP contribution >= 0.6 is 11.6 Å². The highest BCUT2D eigenvalue weighted by Gasteiger charge is 2.65. The maximum Gasteiger partial charge on any atom is 0.412 e. The maximum absolute atomic E-state index is 14.2. The average molecular weight is 870 g/mol. The summed E-state index contributed by atoms with van der Waals surface area (Å²) in [6.07, 6.45) is 6.99. The minimum Gasteiger partial charge on any atom is -0.459 e. The van der Waals surface area contributed by atoms with Crippen LogP contribution in [0.2, 0.25) is 0 Å². The first-order chi connectivity index (χ1) is 29.5. The Morgan fingerprint density at radius 3 is 2.46 bits per heavy atom. The molecule has 0 saturated heterocycles. The van der Waals surface area contributed by atoms with Gasteiger partial charge in [-0.3, -0.25) is 4.90 Å². The van der Waals surface area contributed by atoms with Crippen molar-refractivity contribution in [3.05, 3.63) is 84.0 Å². The Morgan fingerprint density at radius 1 is 1.02 bits per heavy atom. The van der Waals surface area contributed by atoms with E-state index in [1.807, 2.05) is 57.2 Å². The molecule has 6 unspecified atom stereocenters. The van der Waals surface area contributed by atoms with Crippen molar-refractivity contribution in [1.82, 2.24) is 10.2 Å². The van der Waals surface area contributed by atoms with Crippen LogP contribution < -0.4 is 14.8 Å². The van der Waals surface area contributed by atoms with Gasteiger partial charge in [-0.15, -0.1) is 18.2 Å². The Balaban J connectivity index is 1.72. The summed E-state index contributed by atoms with van der Waals surface area (Å²) < 4.78 is 31.5. The second-order valence-electron chi connectivity index (χ2n) is 16.5. The molecular weight excluding hydrogens is 806 g/mol. The fourth-order valence-electron chi connectivity index (χ4n) is 8.73. The molecule has 1 heterocycles. The molecule has 1 aliphatic heterocycles. The number of oxime groups is 1. The number of unbranched alkanes of at least 4 members (excludes halogenated alkanes) is 2. The summed E-state index contributed by atoms with van der Waals surface area (Å²) in [5.41, 5.74) is 2.53. The number of fused-ring (bicyclic) bond motifs is 2. The van der Waals surface area contributed by atoms with Gasteiger partial charge in [0.2, 0.25) is 5.79 Å². The maximum atomic E-state index is 14.2. The first-order valence-electron chi connectivity index (χ1n) is 21.4. The number of nitrogens with one attached hydrogen (secondary N) is 1. The second-order valence-corrected chi connectivity index (χ2v) is 16.9. The van der Waals surface area contributed by atoms with Crippen LogP contribution in [0, 0.1) is 17.8 Å². The largest absolute Gasteiger partial charge is 0.459 e. The number of aliphatic hydroxyl groups excluding tert-OH is 3. The monoisotopic (exact) mass is 869 g/mol. The number of carbonyl (C=O) groups is 2. The number of alkyl halides is 1. The molecular formula is C46H64ClN3O11. The van der Waals surface area contributed by atoms with Crippen molar-refractivity contribution >= 4 is 29.5 Å². The van der Waals surface area contributed by atoms with Gasteiger partial charge in [0.05, 0.1) is 43.9 Å². The number of hydrogen-bond acceptors (Lipinski definition) is 12. The van der Waals surface area contributed by atoms with E-state index in [4.69, 9.17) is 45.3 Å². The van der Waals surface area contributed by atoms with Gasteiger partial charge >= 0.3 is 12.2 Å². The van der Waals surface area contributed by atoms with E-state index in [9.17, 15) is 24.9 Å². The molecule has 0 spiro atoms. The van der Waals surface area contributed by atoms with Crippen molar-refractivity contribution in [1.29, 1.82) is 0 Å². The standard InChI is InChI=1S/C46H64ClN3O11/c1-5-24-58-46-40(50(20-26-56-27-23-53)44(55)57-25-19-47)30-38(49-61-45(2,3)4)36-28-33(15-9-11-21-51)35(16-10-12-22-52)41(42(36)46)37-29-34(17-18-39(37)60-46)59-43(54)48-31-32-13-7-6-8-14-32/h5-8,13-14,17-18,28-29,33,35,40-42,51-53H,1,9-12,15-16,19-27,30-31H2,2-4H3,(H,48,54). The lowest BCUT2D eigenvalue weighted by Crippen LogP contribution is -2.70. The van der Waals surface area contributed by atoms with Crippen LogP contribution in [0.15, 0.2) is 78.0 Å². The van der Waals surface area contributed by atoms with Crippen LogP contribution in [0.5, 0.6) is 11.5 Å². The Labute approximate surface area is 364 Å². The Kier molecular flexibility index (Phi) is 18.3. The fourth-order valence-corrected chi connectivity index (χ4v) is 8.81. The lowest BCUT2D eigenvalue weighted by molar-refractivity contribution is -0.256. The Hall–Kier alpha value is -4.18. The van der Waals surface area contributed by atoms with Crippen LogP contribution in [0.25, 0.3) is 0 Å². The van der Waals surface area contributed by atoms with E-state index < -0.39 is 35.5 Å². The van der Waals surface area contributed by atoms with Gasteiger partial charge in [-0.1, -0.05) is 60.5 Å². The van der Waals surface area contributed by atoms with Gasteiger partial charge in [-0.2, -0.15) is 0 Å². The van der Waals surface area contributed by atoms with E-state index in [2.05, 4.69) is 18.0 Å². The van der Waals surface area contributed by atoms with Gasteiger partial charge in [0.1, 0.15) is 29.7 Å². The third-order valence-corrected chi connectivity index (χ3v) is 11.3. The van der Waals surface area contributed by atoms with E-state index >= 15 is 0 Å². The number of nitrogens with zero attached hydrogens (tertiary/aromatic N) is 2. The molecule has 61 heavy (non-hydrogen) atoms. The number of amides is 2. The zero-order valence-corrected chi connectivity index (χ0v) is 36.5. The van der Waals surface area contributed by atoms with Crippen molar-refractivity contribution in [2.24, 2.45) is 22.9 Å². The van der Waals surface area contributed by atoms with Crippen molar-refractivity contribution in [3.8, 4) is 11.5 Å². The van der Waals surface area contributed by atoms with Crippen molar-refractivity contribution in [3.63, 3.8) is 0 Å². The van der Waals surface area contributed by atoms with Gasteiger partial charge in [0, 0.05) is 44.2 Å². The number of carbonyl (C=O) groups excluding carboxylic acids is 2. The number of halogens is 1. The minimum absolute atomic E-state index is 0.00338. The number of allylic oxidation sites excluding steroid dienone is 1. The summed E-state index contributed by atoms with van der Waals surface area (Å²) in [6.45, 7) is 10.1. The third-order valence-electron chi connectivity index (χ3n) is 11.2. The Bertz CT molecular complexity index is 1790. The molecule has 3 aliphatic rings. The summed E-state index contributed by atoms with van der Waals surface area (Å²) in [5, 5.41) is 36.9. The van der Waals surface area contributed by atoms with Crippen LogP contribution in [0.1, 0.15) is 82.8 Å². The zero-order valence-electron chi connectivity index (χ0n) is 35.8. The molecule has 15 heteroatoms. The van der Waals surface area contributed by atoms with Crippen LogP contribution in [-0.2, 0) is 25.6 Å². The molecule has 2 aliphatic carbocycles. The topological polar surface area (TPSA) is 178 Å². The first kappa shape index (κ1) is 47.9. The lowest BCUT2D eigenvalue weighted by atomic mass is 9.55. The number of rotatable bonds is 23. The van der Waals surface area contributed by atoms with Crippen LogP contribution in [0.3, 0.4) is 0 Å². The second kappa shape index (κ2) is 23.3. The molecule has 0 radical (unpaired) electrons. The van der Waals surface area contributed by atoms with E-state index in [0.29, 0.717) is 30.1 Å². The number of benzene rings is 2. The molecule has 2 aromatic rings. The summed E-state index contributed by atoms with van der Waals surface area (Å²) in [4.78, 5) is 35.2. The van der Waals surface area contributed by atoms with Crippen molar-refractivity contribution in [2.45, 2.75) is 95.6 Å². The van der Waals surface area contributed by atoms with Crippen LogP contribution in [0.4, 0.5) is 9.59 Å². The third kappa shape index (κ3) is 12.5. The first-order valence-corrected chi connectivity index (χ1v) is 22.0. The zero-order chi connectivity index (χ0) is 43.8. The smallest absolute Gasteiger partial charge is 0.412 e. The number of ether oxygens (including phenoxy) is 5. The summed E-state index contributed by atoms with van der Waals surface area (Å²) in [7, 11) is 0. The van der Waals surface area contributed by atoms with E-state index in [0.717, 1.165) is 42.4 Å². The molecule has 1 saturated carbocycles. The van der Waals surface area contributed by atoms with Crippen LogP contribution in [-0.4, -0.2) is 114 Å². The predicted molar refractivity (Wildman–Crippen MR) is 232 cm³/mol. The predicted octanol–water partition coefficient (Wildman–Crippen LogP) is 7.09. The molecule has 2 amide bonds. The van der Waals surface area contributed by atoms with Gasteiger partial charge in [0.15, 0.2) is 0 Å². The van der Waals surface area contributed by atoms with E-state index in [1.165, 1.54) is 0 Å². The summed E-state index contributed by atoms with van der Waals surface area (Å²) >= 11 is 6.02. The number of hydrogen-bond donors (Lipinski definition) is 4. The average Bonchev–Trinajstić information content (AvgIpc) is 3.25. The highest BCUT2D eigenvalue weighted by Crippen LogP contribution is 2.62. The molecule has 4 N–H and O–H groups in total. The highest BCUT2D eigenvalue weighted by molar-refractivity contribution is 6.18.